The minimum absolute atomic E-state index is 0.00329. The summed E-state index contributed by atoms with van der Waals surface area (Å²) in [5, 5.41) is 18.4. The van der Waals surface area contributed by atoms with Crippen LogP contribution in [0.1, 0.15) is 39.5 Å². The highest BCUT2D eigenvalue weighted by Crippen LogP contribution is 2.38. The Morgan fingerprint density at radius 1 is 1.12 bits per heavy atom. The maximum Gasteiger partial charge on any atom is 0.307 e. The van der Waals surface area contributed by atoms with Gasteiger partial charge in [-0.2, -0.15) is 0 Å². The second kappa shape index (κ2) is 5.32. The van der Waals surface area contributed by atoms with Crippen molar-refractivity contribution in [2.45, 2.75) is 39.5 Å². The molecule has 0 aromatic rings. The zero-order chi connectivity index (χ0) is 12.3. The van der Waals surface area contributed by atoms with Crippen molar-refractivity contribution < 1.29 is 19.8 Å². The molecule has 1 aliphatic carbocycles. The first-order chi connectivity index (χ1) is 7.49. The average Bonchev–Trinajstić information content (AvgIpc) is 2.36. The molecule has 0 aromatic heterocycles. The zero-order valence-corrected chi connectivity index (χ0v) is 9.85. The molecule has 1 fully saturated rings. The van der Waals surface area contributed by atoms with Crippen molar-refractivity contribution in [2.24, 2.45) is 23.7 Å². The van der Waals surface area contributed by atoms with Crippen molar-refractivity contribution >= 4 is 11.9 Å². The molecule has 0 radical (unpaired) electrons. The van der Waals surface area contributed by atoms with E-state index >= 15 is 0 Å². The molecule has 4 atom stereocenters. The molecule has 0 saturated heterocycles. The van der Waals surface area contributed by atoms with Crippen LogP contribution in [0.25, 0.3) is 0 Å². The van der Waals surface area contributed by atoms with Gasteiger partial charge in [-0.3, -0.25) is 9.59 Å². The Morgan fingerprint density at radius 2 is 1.69 bits per heavy atom. The molecule has 1 rings (SSSR count). The lowest BCUT2D eigenvalue weighted by Gasteiger charge is -2.27. The third kappa shape index (κ3) is 2.54. The molecule has 2 N–H and O–H groups in total. The SMILES string of the molecule is CCC1CCCC(C)C(C(=O)O)C1C(=O)O. The molecular formula is C12H20O4. The second-order valence-electron chi connectivity index (χ2n) is 4.80. The summed E-state index contributed by atoms with van der Waals surface area (Å²) < 4.78 is 0. The van der Waals surface area contributed by atoms with Crippen molar-refractivity contribution in [3.8, 4) is 0 Å². The van der Waals surface area contributed by atoms with Gasteiger partial charge in [0.2, 0.25) is 0 Å². The first kappa shape index (κ1) is 13.0. The summed E-state index contributed by atoms with van der Waals surface area (Å²) in [6.07, 6.45) is 3.33. The smallest absolute Gasteiger partial charge is 0.307 e. The molecule has 4 heteroatoms. The summed E-state index contributed by atoms with van der Waals surface area (Å²) in [5.41, 5.74) is 0. The molecule has 0 heterocycles. The van der Waals surface area contributed by atoms with Gasteiger partial charge >= 0.3 is 11.9 Å². The third-order valence-electron chi connectivity index (χ3n) is 3.84. The monoisotopic (exact) mass is 228 g/mol. The van der Waals surface area contributed by atoms with Crippen LogP contribution in [0.15, 0.2) is 0 Å². The van der Waals surface area contributed by atoms with E-state index in [1.165, 1.54) is 0 Å². The summed E-state index contributed by atoms with van der Waals surface area (Å²) in [6, 6.07) is 0. The van der Waals surface area contributed by atoms with E-state index in [0.717, 1.165) is 25.7 Å². The van der Waals surface area contributed by atoms with E-state index in [4.69, 9.17) is 0 Å². The zero-order valence-electron chi connectivity index (χ0n) is 9.85. The maximum atomic E-state index is 11.3. The Kier molecular flexibility index (Phi) is 4.33. The van der Waals surface area contributed by atoms with Gasteiger partial charge in [-0.15, -0.1) is 0 Å². The number of hydrogen-bond donors (Lipinski definition) is 2. The Balaban J connectivity index is 3.03. The van der Waals surface area contributed by atoms with E-state index in [1.54, 1.807) is 0 Å². The molecule has 0 bridgehead atoms. The van der Waals surface area contributed by atoms with Gasteiger partial charge in [-0.05, 0) is 24.7 Å². The van der Waals surface area contributed by atoms with Gasteiger partial charge in [0.05, 0.1) is 11.8 Å². The Labute approximate surface area is 95.7 Å². The van der Waals surface area contributed by atoms with Crippen molar-refractivity contribution in [3.63, 3.8) is 0 Å². The first-order valence-corrected chi connectivity index (χ1v) is 5.94. The quantitative estimate of drug-likeness (QED) is 0.726. The standard InChI is InChI=1S/C12H20O4/c1-3-8-6-4-5-7(2)9(11(13)14)10(8)12(15)16/h7-10H,3-6H2,1-2H3,(H,13,14)(H,15,16). The van der Waals surface area contributed by atoms with Gasteiger partial charge < -0.3 is 10.2 Å². The lowest BCUT2D eigenvalue weighted by molar-refractivity contribution is -0.158. The molecule has 0 amide bonds. The van der Waals surface area contributed by atoms with Gasteiger partial charge in [-0.1, -0.05) is 26.7 Å². The summed E-state index contributed by atoms with van der Waals surface area (Å²) in [4.78, 5) is 22.5. The van der Waals surface area contributed by atoms with Gasteiger partial charge in [0, 0.05) is 0 Å². The van der Waals surface area contributed by atoms with Crippen LogP contribution in [-0.4, -0.2) is 22.2 Å². The summed E-state index contributed by atoms with van der Waals surface area (Å²) >= 11 is 0. The lowest BCUT2D eigenvalue weighted by atomic mass is 9.75. The van der Waals surface area contributed by atoms with Crippen molar-refractivity contribution in [1.29, 1.82) is 0 Å². The number of rotatable bonds is 3. The van der Waals surface area contributed by atoms with Gasteiger partial charge in [0.1, 0.15) is 0 Å². The first-order valence-electron chi connectivity index (χ1n) is 5.94. The summed E-state index contributed by atoms with van der Waals surface area (Å²) in [5.74, 6) is -3.41. The van der Waals surface area contributed by atoms with Crippen molar-refractivity contribution in [3.05, 3.63) is 0 Å². The molecule has 0 aliphatic heterocycles. The van der Waals surface area contributed by atoms with Crippen LogP contribution < -0.4 is 0 Å². The van der Waals surface area contributed by atoms with Crippen molar-refractivity contribution in [2.75, 3.05) is 0 Å². The normalized spacial score (nSPS) is 35.4. The molecule has 1 saturated carbocycles. The fourth-order valence-corrected chi connectivity index (χ4v) is 2.92. The van der Waals surface area contributed by atoms with E-state index < -0.39 is 23.8 Å². The van der Waals surface area contributed by atoms with E-state index in [0.29, 0.717) is 0 Å². The minimum Gasteiger partial charge on any atom is -0.481 e. The Morgan fingerprint density at radius 3 is 2.12 bits per heavy atom. The number of carboxylic acid groups (broad SMARTS) is 2. The van der Waals surface area contributed by atoms with E-state index in [2.05, 4.69) is 0 Å². The number of carbonyl (C=O) groups is 2. The van der Waals surface area contributed by atoms with Crippen LogP contribution in [0.4, 0.5) is 0 Å². The molecule has 4 unspecified atom stereocenters. The highest BCUT2D eigenvalue weighted by Gasteiger charge is 2.43. The van der Waals surface area contributed by atoms with E-state index in [9.17, 15) is 19.8 Å². The van der Waals surface area contributed by atoms with Gasteiger partial charge in [0.15, 0.2) is 0 Å². The fraction of sp³-hybridized carbons (Fsp3) is 0.833. The Bertz CT molecular complexity index is 274. The molecule has 16 heavy (non-hydrogen) atoms. The average molecular weight is 228 g/mol. The lowest BCUT2D eigenvalue weighted by Crippen LogP contribution is -2.37. The predicted octanol–water partition coefficient (Wildman–Crippen LogP) is 2.23. The van der Waals surface area contributed by atoms with E-state index in [1.807, 2.05) is 13.8 Å². The minimum atomic E-state index is -0.958. The van der Waals surface area contributed by atoms with Crippen LogP contribution >= 0.6 is 0 Å². The third-order valence-corrected chi connectivity index (χ3v) is 3.84. The fourth-order valence-electron chi connectivity index (χ4n) is 2.92. The molecule has 0 aromatic carbocycles. The highest BCUT2D eigenvalue weighted by atomic mass is 16.4. The largest absolute Gasteiger partial charge is 0.481 e. The van der Waals surface area contributed by atoms with Crippen molar-refractivity contribution in [1.82, 2.24) is 0 Å². The molecule has 92 valence electrons. The predicted molar refractivity (Wildman–Crippen MR) is 59.0 cm³/mol. The molecule has 1 aliphatic rings. The maximum absolute atomic E-state index is 11.3. The van der Waals surface area contributed by atoms with Crippen LogP contribution in [0.5, 0.6) is 0 Å². The Hall–Kier alpha value is -1.06. The van der Waals surface area contributed by atoms with Crippen LogP contribution in [0.3, 0.4) is 0 Å². The number of hydrogen-bond acceptors (Lipinski definition) is 2. The number of carboxylic acids is 2. The summed E-state index contributed by atoms with van der Waals surface area (Å²) in [7, 11) is 0. The van der Waals surface area contributed by atoms with Crippen LogP contribution in [-0.2, 0) is 9.59 Å². The van der Waals surface area contributed by atoms with Crippen LogP contribution in [0, 0.1) is 23.7 Å². The molecular weight excluding hydrogens is 208 g/mol. The van der Waals surface area contributed by atoms with Crippen LogP contribution in [0.2, 0.25) is 0 Å². The number of aliphatic carboxylic acids is 2. The molecule has 4 nitrogen and oxygen atoms in total. The van der Waals surface area contributed by atoms with E-state index in [-0.39, 0.29) is 11.8 Å². The van der Waals surface area contributed by atoms with Gasteiger partial charge in [-0.25, -0.2) is 0 Å². The van der Waals surface area contributed by atoms with Gasteiger partial charge in [0.25, 0.3) is 0 Å². The topological polar surface area (TPSA) is 74.6 Å². The molecule has 0 spiro atoms. The highest BCUT2D eigenvalue weighted by molar-refractivity contribution is 5.80. The summed E-state index contributed by atoms with van der Waals surface area (Å²) in [6.45, 7) is 3.79. The second-order valence-corrected chi connectivity index (χ2v) is 4.80.